The number of piperidine rings is 1. The van der Waals surface area contributed by atoms with Crippen molar-refractivity contribution in [2.75, 3.05) is 25.0 Å². The van der Waals surface area contributed by atoms with E-state index in [4.69, 9.17) is 16.3 Å². The highest BCUT2D eigenvalue weighted by Gasteiger charge is 2.27. The number of nitrogens with zero attached hydrogens (tertiary/aromatic N) is 1. The van der Waals surface area contributed by atoms with E-state index in [0.29, 0.717) is 43.1 Å². The number of carbonyl (C=O) groups is 2. The number of anilines is 1. The van der Waals surface area contributed by atoms with Gasteiger partial charge in [-0.25, -0.2) is 4.79 Å². The van der Waals surface area contributed by atoms with Crippen molar-refractivity contribution in [2.24, 2.45) is 0 Å². The average molecular weight is 522 g/mol. The Morgan fingerprint density at radius 1 is 1.06 bits per heavy atom. The molecule has 0 aliphatic carbocycles. The smallest absolute Gasteiger partial charge is 0.409 e. The fourth-order valence-electron chi connectivity index (χ4n) is 4.64. The molecule has 3 aromatic rings. The van der Waals surface area contributed by atoms with Crippen molar-refractivity contribution in [3.8, 4) is 0 Å². The van der Waals surface area contributed by atoms with E-state index in [1.807, 2.05) is 54.6 Å². The van der Waals surface area contributed by atoms with E-state index >= 15 is 0 Å². The SMILES string of the molecule is CCOC(=O)N1CCC(NC(=O)c2ccc3c(c2)NC(c2ccc(Cl)cc2)c2ccccc2S3)CC1. The molecule has 6 nitrogen and oxygen atoms in total. The largest absolute Gasteiger partial charge is 0.450 e. The number of rotatable bonds is 4. The summed E-state index contributed by atoms with van der Waals surface area (Å²) in [5.74, 6) is -0.107. The van der Waals surface area contributed by atoms with E-state index in [-0.39, 0.29) is 24.1 Å². The molecule has 3 aromatic carbocycles. The first-order valence-electron chi connectivity index (χ1n) is 12.2. The van der Waals surface area contributed by atoms with Crippen LogP contribution < -0.4 is 10.6 Å². The minimum Gasteiger partial charge on any atom is -0.450 e. The molecule has 1 unspecified atom stereocenters. The predicted molar refractivity (Wildman–Crippen MR) is 143 cm³/mol. The number of amides is 2. The number of benzene rings is 3. The lowest BCUT2D eigenvalue weighted by molar-refractivity contribution is 0.0860. The molecule has 5 rings (SSSR count). The van der Waals surface area contributed by atoms with Gasteiger partial charge in [0.1, 0.15) is 0 Å². The van der Waals surface area contributed by atoms with Gasteiger partial charge in [-0.05, 0) is 67.3 Å². The summed E-state index contributed by atoms with van der Waals surface area (Å²) in [5, 5.41) is 7.52. The van der Waals surface area contributed by atoms with E-state index in [1.54, 1.807) is 23.6 Å². The first-order chi connectivity index (χ1) is 17.5. The molecule has 1 saturated heterocycles. The number of hydrogen-bond donors (Lipinski definition) is 2. The Morgan fingerprint density at radius 2 is 1.81 bits per heavy atom. The average Bonchev–Trinajstić information content (AvgIpc) is 3.06. The maximum atomic E-state index is 13.1. The minimum atomic E-state index is -0.284. The van der Waals surface area contributed by atoms with E-state index < -0.39 is 0 Å². The molecule has 0 aromatic heterocycles. The van der Waals surface area contributed by atoms with Crippen LogP contribution in [-0.2, 0) is 4.74 Å². The summed E-state index contributed by atoms with van der Waals surface area (Å²) in [6, 6.07) is 22.0. The van der Waals surface area contributed by atoms with Crippen LogP contribution in [0.4, 0.5) is 10.5 Å². The van der Waals surface area contributed by atoms with Gasteiger partial charge in [0, 0.05) is 45.2 Å². The summed E-state index contributed by atoms with van der Waals surface area (Å²) in [7, 11) is 0. The van der Waals surface area contributed by atoms with Gasteiger partial charge in [-0.15, -0.1) is 0 Å². The van der Waals surface area contributed by atoms with Crippen molar-refractivity contribution in [3.05, 3.63) is 88.4 Å². The number of nitrogens with one attached hydrogen (secondary N) is 2. The topological polar surface area (TPSA) is 70.7 Å². The van der Waals surface area contributed by atoms with Crippen molar-refractivity contribution in [1.82, 2.24) is 10.2 Å². The Labute approximate surface area is 220 Å². The first kappa shape index (κ1) is 24.5. The molecular formula is C28H28ClN3O3S. The van der Waals surface area contributed by atoms with Gasteiger partial charge in [0.25, 0.3) is 5.91 Å². The van der Waals surface area contributed by atoms with Gasteiger partial charge >= 0.3 is 6.09 Å². The molecular weight excluding hydrogens is 494 g/mol. The van der Waals surface area contributed by atoms with Crippen LogP contribution >= 0.6 is 23.4 Å². The standard InChI is InChI=1S/C28H28ClN3O3S/c1-2-35-28(34)32-15-13-21(14-16-32)30-27(33)19-9-12-25-23(17-19)31-26(18-7-10-20(29)11-8-18)22-5-3-4-6-24(22)36-25/h3-12,17,21,26,31H,2,13-16H2,1H3,(H,30,33). The molecule has 2 aliphatic rings. The Kier molecular flexibility index (Phi) is 7.39. The van der Waals surface area contributed by atoms with Gasteiger partial charge in [-0.2, -0.15) is 0 Å². The summed E-state index contributed by atoms with van der Waals surface area (Å²) in [4.78, 5) is 29.0. The second kappa shape index (κ2) is 10.8. The molecule has 2 aliphatic heterocycles. The molecule has 2 amide bonds. The molecule has 8 heteroatoms. The van der Waals surface area contributed by atoms with Crippen molar-refractivity contribution in [1.29, 1.82) is 0 Å². The zero-order valence-corrected chi connectivity index (χ0v) is 21.6. The molecule has 1 atom stereocenters. The maximum Gasteiger partial charge on any atom is 0.409 e. The lowest BCUT2D eigenvalue weighted by Gasteiger charge is -2.31. The molecule has 0 bridgehead atoms. The van der Waals surface area contributed by atoms with E-state index in [1.165, 1.54) is 10.5 Å². The molecule has 0 radical (unpaired) electrons. The minimum absolute atomic E-state index is 0.0235. The van der Waals surface area contributed by atoms with Crippen molar-refractivity contribution < 1.29 is 14.3 Å². The highest BCUT2D eigenvalue weighted by atomic mass is 35.5. The van der Waals surface area contributed by atoms with Crippen LogP contribution in [0.1, 0.15) is 47.3 Å². The Bertz CT molecular complexity index is 1260. The van der Waals surface area contributed by atoms with Crippen molar-refractivity contribution >= 4 is 41.1 Å². The van der Waals surface area contributed by atoms with Gasteiger partial charge in [0.05, 0.1) is 12.6 Å². The van der Waals surface area contributed by atoms with E-state index in [9.17, 15) is 9.59 Å². The number of halogens is 1. The van der Waals surface area contributed by atoms with E-state index in [0.717, 1.165) is 16.1 Å². The zero-order valence-electron chi connectivity index (χ0n) is 20.0. The molecule has 2 heterocycles. The van der Waals surface area contributed by atoms with Crippen LogP contribution in [0.5, 0.6) is 0 Å². The molecule has 0 spiro atoms. The number of fused-ring (bicyclic) bond motifs is 2. The molecule has 0 saturated carbocycles. The van der Waals surface area contributed by atoms with Crippen molar-refractivity contribution in [3.63, 3.8) is 0 Å². The summed E-state index contributed by atoms with van der Waals surface area (Å²) in [6.45, 7) is 3.32. The fraction of sp³-hybridized carbons (Fsp3) is 0.286. The number of hydrogen-bond acceptors (Lipinski definition) is 5. The first-order valence-corrected chi connectivity index (χ1v) is 13.4. The van der Waals surface area contributed by atoms with Crippen LogP contribution in [0.25, 0.3) is 0 Å². The molecule has 1 fully saturated rings. The Balaban J connectivity index is 1.33. The molecule has 186 valence electrons. The Morgan fingerprint density at radius 3 is 2.56 bits per heavy atom. The normalized spacial score (nSPS) is 17.3. The number of likely N-dealkylation sites (tertiary alicyclic amines) is 1. The van der Waals surface area contributed by atoms with E-state index in [2.05, 4.69) is 22.8 Å². The summed E-state index contributed by atoms with van der Waals surface area (Å²) < 4.78 is 5.08. The highest BCUT2D eigenvalue weighted by molar-refractivity contribution is 7.99. The fourth-order valence-corrected chi connectivity index (χ4v) is 5.82. The van der Waals surface area contributed by atoms with Crippen LogP contribution in [0.15, 0.2) is 76.5 Å². The third kappa shape index (κ3) is 5.32. The Hall–Kier alpha value is -3.16. The van der Waals surface area contributed by atoms with Crippen LogP contribution in [-0.4, -0.2) is 42.6 Å². The molecule has 36 heavy (non-hydrogen) atoms. The molecule has 2 N–H and O–H groups in total. The third-order valence-electron chi connectivity index (χ3n) is 6.55. The quantitative estimate of drug-likeness (QED) is 0.418. The van der Waals surface area contributed by atoms with Gasteiger partial charge in [-0.3, -0.25) is 4.79 Å². The zero-order chi connectivity index (χ0) is 25.1. The number of carbonyl (C=O) groups excluding carboxylic acids is 2. The summed E-state index contributed by atoms with van der Waals surface area (Å²) in [6.07, 6.45) is 1.13. The van der Waals surface area contributed by atoms with Gasteiger partial charge < -0.3 is 20.3 Å². The third-order valence-corrected chi connectivity index (χ3v) is 7.97. The lowest BCUT2D eigenvalue weighted by atomic mass is 9.98. The maximum absolute atomic E-state index is 13.1. The highest BCUT2D eigenvalue weighted by Crippen LogP contribution is 2.44. The van der Waals surface area contributed by atoms with Gasteiger partial charge in [0.15, 0.2) is 0 Å². The van der Waals surface area contributed by atoms with Crippen LogP contribution in [0.2, 0.25) is 5.02 Å². The van der Waals surface area contributed by atoms with Gasteiger partial charge in [-0.1, -0.05) is 53.7 Å². The predicted octanol–water partition coefficient (Wildman–Crippen LogP) is 6.36. The van der Waals surface area contributed by atoms with Crippen molar-refractivity contribution in [2.45, 2.75) is 41.6 Å². The summed E-state index contributed by atoms with van der Waals surface area (Å²) in [5.41, 5.74) is 3.81. The monoisotopic (exact) mass is 521 g/mol. The lowest BCUT2D eigenvalue weighted by Crippen LogP contribution is -2.46. The summed E-state index contributed by atoms with van der Waals surface area (Å²) >= 11 is 7.84. The van der Waals surface area contributed by atoms with Gasteiger partial charge in [0.2, 0.25) is 0 Å². The second-order valence-electron chi connectivity index (χ2n) is 8.91. The van der Waals surface area contributed by atoms with Crippen LogP contribution in [0.3, 0.4) is 0 Å². The second-order valence-corrected chi connectivity index (χ2v) is 10.4. The van der Waals surface area contributed by atoms with Crippen LogP contribution in [0, 0.1) is 0 Å². The number of ether oxygens (including phenoxy) is 1.